The lowest BCUT2D eigenvalue weighted by molar-refractivity contribution is 0.0956. The van der Waals surface area contributed by atoms with Crippen molar-refractivity contribution in [2.45, 2.75) is 5.75 Å². The minimum absolute atomic E-state index is 0.235. The Bertz CT molecular complexity index is 743. The highest BCUT2D eigenvalue weighted by Gasteiger charge is 2.08. The molecule has 0 atom stereocenters. The van der Waals surface area contributed by atoms with E-state index in [2.05, 4.69) is 10.0 Å². The van der Waals surface area contributed by atoms with Crippen LogP contribution in [-0.2, 0) is 15.8 Å². The molecule has 2 aromatic rings. The quantitative estimate of drug-likeness (QED) is 0.710. The Balaban J connectivity index is 1.78. The average Bonchev–Trinajstić information content (AvgIpc) is 2.98. The summed E-state index contributed by atoms with van der Waals surface area (Å²) in [6.45, 7) is 0.522. The van der Waals surface area contributed by atoms with Gasteiger partial charge in [-0.3, -0.25) is 9.52 Å². The van der Waals surface area contributed by atoms with Crippen molar-refractivity contribution in [3.63, 3.8) is 0 Å². The fraction of sp³-hybridized carbons (Fsp3) is 0.267. The first kappa shape index (κ1) is 17.4. The van der Waals surface area contributed by atoms with Gasteiger partial charge in [0.1, 0.15) is 5.76 Å². The molecule has 124 valence electrons. The molecule has 1 heterocycles. The van der Waals surface area contributed by atoms with Crippen molar-refractivity contribution in [1.82, 2.24) is 5.32 Å². The van der Waals surface area contributed by atoms with Crippen LogP contribution in [0.15, 0.2) is 47.1 Å². The van der Waals surface area contributed by atoms with Gasteiger partial charge in [0.15, 0.2) is 0 Å². The van der Waals surface area contributed by atoms with Gasteiger partial charge in [-0.15, -0.1) is 0 Å². The second-order valence-electron chi connectivity index (χ2n) is 4.84. The van der Waals surface area contributed by atoms with Crippen LogP contribution in [0.2, 0.25) is 0 Å². The standard InChI is InChI=1S/C15H18N2O4S2/c1-23(19,20)17-13-5-2-4-12(10-13)15(18)16-7-9-22-11-14-6-3-8-21-14/h2-6,8,10,17H,7,9,11H2,1H3,(H,16,18). The highest BCUT2D eigenvalue weighted by molar-refractivity contribution is 7.98. The maximum Gasteiger partial charge on any atom is 0.251 e. The van der Waals surface area contributed by atoms with Crippen LogP contribution in [0.5, 0.6) is 0 Å². The van der Waals surface area contributed by atoms with Crippen molar-refractivity contribution in [3.05, 3.63) is 54.0 Å². The molecule has 0 aliphatic carbocycles. The van der Waals surface area contributed by atoms with E-state index >= 15 is 0 Å². The summed E-state index contributed by atoms with van der Waals surface area (Å²) < 4.78 is 30.0. The SMILES string of the molecule is CS(=O)(=O)Nc1cccc(C(=O)NCCSCc2ccco2)c1. The molecule has 8 heteroatoms. The molecule has 0 aliphatic rings. The predicted octanol–water partition coefficient (Wildman–Crippen LogP) is 2.31. The van der Waals surface area contributed by atoms with E-state index in [0.717, 1.165) is 23.5 Å². The molecular weight excluding hydrogens is 336 g/mol. The van der Waals surface area contributed by atoms with E-state index in [1.807, 2.05) is 12.1 Å². The predicted molar refractivity (Wildman–Crippen MR) is 92.1 cm³/mol. The summed E-state index contributed by atoms with van der Waals surface area (Å²) in [5.41, 5.74) is 0.780. The summed E-state index contributed by atoms with van der Waals surface area (Å²) in [4.78, 5) is 12.0. The summed E-state index contributed by atoms with van der Waals surface area (Å²) in [7, 11) is -3.36. The molecule has 0 aliphatic heterocycles. The lowest BCUT2D eigenvalue weighted by Gasteiger charge is -2.07. The number of thioether (sulfide) groups is 1. The first-order valence-electron chi connectivity index (χ1n) is 6.90. The van der Waals surface area contributed by atoms with Crippen molar-refractivity contribution >= 4 is 33.4 Å². The molecule has 0 spiro atoms. The van der Waals surface area contributed by atoms with Gasteiger partial charge in [-0.25, -0.2) is 8.42 Å². The highest BCUT2D eigenvalue weighted by atomic mass is 32.2. The summed E-state index contributed by atoms with van der Waals surface area (Å²) >= 11 is 1.66. The monoisotopic (exact) mass is 354 g/mol. The van der Waals surface area contributed by atoms with E-state index in [-0.39, 0.29) is 5.91 Å². The van der Waals surface area contributed by atoms with Gasteiger partial charge >= 0.3 is 0 Å². The zero-order chi connectivity index (χ0) is 16.7. The molecular formula is C15H18N2O4S2. The van der Waals surface area contributed by atoms with E-state index in [0.29, 0.717) is 17.8 Å². The number of sulfonamides is 1. The number of amides is 1. The van der Waals surface area contributed by atoms with Crippen molar-refractivity contribution in [2.24, 2.45) is 0 Å². The zero-order valence-electron chi connectivity index (χ0n) is 12.6. The third kappa shape index (κ3) is 6.37. The smallest absolute Gasteiger partial charge is 0.251 e. The van der Waals surface area contributed by atoms with Crippen LogP contribution < -0.4 is 10.0 Å². The Morgan fingerprint density at radius 3 is 2.78 bits per heavy atom. The lowest BCUT2D eigenvalue weighted by atomic mass is 10.2. The van der Waals surface area contributed by atoms with E-state index in [1.54, 1.807) is 36.2 Å². The fourth-order valence-electron chi connectivity index (χ4n) is 1.84. The van der Waals surface area contributed by atoms with Crippen LogP contribution in [-0.4, -0.2) is 32.9 Å². The highest BCUT2D eigenvalue weighted by Crippen LogP contribution is 2.13. The minimum atomic E-state index is -3.36. The molecule has 2 N–H and O–H groups in total. The molecule has 6 nitrogen and oxygen atoms in total. The van der Waals surface area contributed by atoms with Crippen LogP contribution in [0.1, 0.15) is 16.1 Å². The van der Waals surface area contributed by atoms with Gasteiger partial charge in [-0.05, 0) is 30.3 Å². The average molecular weight is 354 g/mol. The molecule has 0 radical (unpaired) electrons. The Morgan fingerprint density at radius 1 is 1.26 bits per heavy atom. The Hall–Kier alpha value is -1.93. The van der Waals surface area contributed by atoms with Crippen molar-refractivity contribution in [1.29, 1.82) is 0 Å². The van der Waals surface area contributed by atoms with Crippen LogP contribution in [0.3, 0.4) is 0 Å². The van der Waals surface area contributed by atoms with E-state index in [4.69, 9.17) is 4.42 Å². The summed E-state index contributed by atoms with van der Waals surface area (Å²) in [5.74, 6) is 2.19. The minimum Gasteiger partial charge on any atom is -0.468 e. The normalized spacial score (nSPS) is 11.2. The number of benzene rings is 1. The van der Waals surface area contributed by atoms with Crippen LogP contribution in [0.4, 0.5) is 5.69 Å². The molecule has 1 aromatic heterocycles. The van der Waals surface area contributed by atoms with Crippen LogP contribution in [0, 0.1) is 0 Å². The molecule has 23 heavy (non-hydrogen) atoms. The largest absolute Gasteiger partial charge is 0.468 e. The van der Waals surface area contributed by atoms with Crippen LogP contribution in [0.25, 0.3) is 0 Å². The Morgan fingerprint density at radius 2 is 2.09 bits per heavy atom. The zero-order valence-corrected chi connectivity index (χ0v) is 14.2. The van der Waals surface area contributed by atoms with Gasteiger partial charge in [-0.1, -0.05) is 6.07 Å². The molecule has 0 saturated heterocycles. The third-order valence-electron chi connectivity index (χ3n) is 2.78. The van der Waals surface area contributed by atoms with Gasteiger partial charge in [0.25, 0.3) is 5.91 Å². The number of hydrogen-bond acceptors (Lipinski definition) is 5. The van der Waals surface area contributed by atoms with Gasteiger partial charge in [0, 0.05) is 23.5 Å². The van der Waals surface area contributed by atoms with Gasteiger partial charge in [0.05, 0.1) is 18.3 Å². The third-order valence-corrected chi connectivity index (χ3v) is 4.37. The molecule has 0 unspecified atom stereocenters. The number of anilines is 1. The van der Waals surface area contributed by atoms with Gasteiger partial charge in [0.2, 0.25) is 10.0 Å². The molecule has 0 fully saturated rings. The topological polar surface area (TPSA) is 88.4 Å². The molecule has 0 bridgehead atoms. The number of nitrogens with one attached hydrogen (secondary N) is 2. The Labute approximate surface area is 139 Å². The summed E-state index contributed by atoms with van der Waals surface area (Å²) in [6, 6.07) is 10.1. The number of furan rings is 1. The van der Waals surface area contributed by atoms with E-state index < -0.39 is 10.0 Å². The maximum absolute atomic E-state index is 12.0. The number of hydrogen-bond donors (Lipinski definition) is 2. The second kappa shape index (κ2) is 8.07. The second-order valence-corrected chi connectivity index (χ2v) is 7.70. The van der Waals surface area contributed by atoms with E-state index in [9.17, 15) is 13.2 Å². The summed E-state index contributed by atoms with van der Waals surface area (Å²) in [6.07, 6.45) is 2.70. The van der Waals surface area contributed by atoms with Crippen LogP contribution >= 0.6 is 11.8 Å². The summed E-state index contributed by atoms with van der Waals surface area (Å²) in [5, 5.41) is 2.80. The molecule has 0 saturated carbocycles. The molecule has 2 rings (SSSR count). The van der Waals surface area contributed by atoms with Crippen molar-refractivity contribution in [3.8, 4) is 0 Å². The first-order valence-corrected chi connectivity index (χ1v) is 9.95. The van der Waals surface area contributed by atoms with E-state index in [1.165, 1.54) is 6.07 Å². The fourth-order valence-corrected chi connectivity index (χ4v) is 3.16. The maximum atomic E-state index is 12.0. The first-order chi connectivity index (χ1) is 10.9. The Kier molecular flexibility index (Phi) is 6.12. The molecule has 1 amide bonds. The molecule has 1 aromatic carbocycles. The van der Waals surface area contributed by atoms with Crippen molar-refractivity contribution < 1.29 is 17.6 Å². The van der Waals surface area contributed by atoms with Gasteiger partial charge < -0.3 is 9.73 Å². The number of rotatable bonds is 8. The number of carbonyl (C=O) groups is 1. The van der Waals surface area contributed by atoms with Gasteiger partial charge in [-0.2, -0.15) is 11.8 Å². The number of carbonyl (C=O) groups excluding carboxylic acids is 1. The van der Waals surface area contributed by atoms with Crippen molar-refractivity contribution in [2.75, 3.05) is 23.3 Å². The lowest BCUT2D eigenvalue weighted by Crippen LogP contribution is -2.25.